The molecule has 0 saturated carbocycles. The second kappa shape index (κ2) is 5.56. The Bertz CT molecular complexity index is 918. The van der Waals surface area contributed by atoms with Crippen molar-refractivity contribution in [3.8, 4) is 5.69 Å². The van der Waals surface area contributed by atoms with Gasteiger partial charge in [-0.25, -0.2) is 13.8 Å². The fourth-order valence-corrected chi connectivity index (χ4v) is 3.01. The maximum atomic E-state index is 14.1. The molecule has 120 valence electrons. The van der Waals surface area contributed by atoms with Gasteiger partial charge in [0.05, 0.1) is 11.4 Å². The molecule has 1 atom stereocenters. The molecule has 1 aliphatic heterocycles. The number of halogens is 2. The maximum Gasteiger partial charge on any atom is 0.226 e. The quantitative estimate of drug-likeness (QED) is 0.782. The minimum atomic E-state index is -0.407. The van der Waals surface area contributed by atoms with Crippen LogP contribution in [0.15, 0.2) is 54.9 Å². The van der Waals surface area contributed by atoms with Gasteiger partial charge in [-0.15, -0.1) is 0 Å². The standard InChI is InChI=1S/C18H13F2N3O/c19-12-7-5-11(6-8-12)13-9-16(24)22-18-17(13)21-10-23(18)15-4-2-1-3-14(15)20/h1-8,10,13H,9H2,(H,22,24). The third-order valence-electron chi connectivity index (χ3n) is 4.16. The number of rotatable bonds is 2. The lowest BCUT2D eigenvalue weighted by molar-refractivity contribution is -0.116. The van der Waals surface area contributed by atoms with E-state index in [9.17, 15) is 13.6 Å². The van der Waals surface area contributed by atoms with Crippen LogP contribution in [0.1, 0.15) is 23.6 Å². The number of carbonyl (C=O) groups excluding carboxylic acids is 1. The molecule has 1 amide bonds. The summed E-state index contributed by atoms with van der Waals surface area (Å²) >= 11 is 0. The van der Waals surface area contributed by atoms with Gasteiger partial charge in [-0.1, -0.05) is 24.3 Å². The Kier molecular flexibility index (Phi) is 3.37. The molecule has 1 aliphatic rings. The molecule has 0 fully saturated rings. The van der Waals surface area contributed by atoms with Crippen LogP contribution in [0, 0.1) is 11.6 Å². The summed E-state index contributed by atoms with van der Waals surface area (Å²) in [6.07, 6.45) is 1.71. The van der Waals surface area contributed by atoms with E-state index in [0.29, 0.717) is 17.2 Å². The van der Waals surface area contributed by atoms with Crippen molar-refractivity contribution in [3.63, 3.8) is 0 Å². The summed E-state index contributed by atoms with van der Waals surface area (Å²) in [5.74, 6) is -0.769. The van der Waals surface area contributed by atoms with Gasteiger partial charge in [-0.05, 0) is 29.8 Å². The second-order valence-corrected chi connectivity index (χ2v) is 5.66. The van der Waals surface area contributed by atoms with Crippen molar-refractivity contribution in [3.05, 3.63) is 77.8 Å². The van der Waals surface area contributed by atoms with E-state index in [0.717, 1.165) is 5.56 Å². The number of aromatic nitrogens is 2. The summed E-state index contributed by atoms with van der Waals surface area (Å²) in [6, 6.07) is 12.3. The van der Waals surface area contributed by atoms with E-state index in [1.165, 1.54) is 29.1 Å². The van der Waals surface area contributed by atoms with Gasteiger partial charge in [0.2, 0.25) is 5.91 Å². The monoisotopic (exact) mass is 325 g/mol. The average Bonchev–Trinajstić information content (AvgIpc) is 2.99. The molecule has 2 heterocycles. The first-order valence-electron chi connectivity index (χ1n) is 7.51. The van der Waals surface area contributed by atoms with Gasteiger partial charge in [0, 0.05) is 12.3 Å². The molecule has 4 rings (SSSR count). The average molecular weight is 325 g/mol. The van der Waals surface area contributed by atoms with Crippen LogP contribution < -0.4 is 5.32 Å². The molecule has 4 nitrogen and oxygen atoms in total. The topological polar surface area (TPSA) is 46.9 Å². The highest BCUT2D eigenvalue weighted by Crippen LogP contribution is 2.37. The summed E-state index contributed by atoms with van der Waals surface area (Å²) in [4.78, 5) is 16.5. The predicted octanol–water partition coefficient (Wildman–Crippen LogP) is 3.62. The van der Waals surface area contributed by atoms with Gasteiger partial charge < -0.3 is 5.32 Å². The zero-order valence-electron chi connectivity index (χ0n) is 12.5. The highest BCUT2D eigenvalue weighted by atomic mass is 19.1. The van der Waals surface area contributed by atoms with Crippen LogP contribution in [-0.2, 0) is 4.79 Å². The number of para-hydroxylation sites is 1. The number of nitrogens with one attached hydrogen (secondary N) is 1. The van der Waals surface area contributed by atoms with E-state index in [1.807, 2.05) is 0 Å². The molecular formula is C18H13F2N3O. The molecule has 1 aromatic heterocycles. The van der Waals surface area contributed by atoms with E-state index in [1.54, 1.807) is 30.3 Å². The zero-order chi connectivity index (χ0) is 16.7. The molecule has 6 heteroatoms. The van der Waals surface area contributed by atoms with Crippen molar-refractivity contribution in [1.82, 2.24) is 9.55 Å². The summed E-state index contributed by atoms with van der Waals surface area (Å²) < 4.78 is 28.8. The number of amides is 1. The van der Waals surface area contributed by atoms with E-state index in [2.05, 4.69) is 10.3 Å². The van der Waals surface area contributed by atoms with Crippen molar-refractivity contribution >= 4 is 11.7 Å². The summed E-state index contributed by atoms with van der Waals surface area (Å²) in [6.45, 7) is 0. The Morgan fingerprint density at radius 1 is 1.08 bits per heavy atom. The number of fused-ring (bicyclic) bond motifs is 1. The molecule has 24 heavy (non-hydrogen) atoms. The molecule has 0 aliphatic carbocycles. The molecule has 1 N–H and O–H groups in total. The van der Waals surface area contributed by atoms with Gasteiger partial charge in [0.15, 0.2) is 0 Å². The van der Waals surface area contributed by atoms with Gasteiger partial charge >= 0.3 is 0 Å². The van der Waals surface area contributed by atoms with Gasteiger partial charge in [-0.2, -0.15) is 0 Å². The Hall–Kier alpha value is -3.02. The third-order valence-corrected chi connectivity index (χ3v) is 4.16. The van der Waals surface area contributed by atoms with Crippen molar-refractivity contribution < 1.29 is 13.6 Å². The number of hydrogen-bond acceptors (Lipinski definition) is 2. The normalized spacial score (nSPS) is 16.6. The Morgan fingerprint density at radius 2 is 1.83 bits per heavy atom. The van der Waals surface area contributed by atoms with Crippen LogP contribution in [0.3, 0.4) is 0 Å². The Labute approximate surface area is 136 Å². The summed E-state index contributed by atoms with van der Waals surface area (Å²) in [7, 11) is 0. The molecule has 1 unspecified atom stereocenters. The highest BCUT2D eigenvalue weighted by molar-refractivity contribution is 5.94. The lowest BCUT2D eigenvalue weighted by Gasteiger charge is -2.23. The van der Waals surface area contributed by atoms with E-state index < -0.39 is 5.82 Å². The first-order valence-corrected chi connectivity index (χ1v) is 7.51. The first-order chi connectivity index (χ1) is 11.6. The number of nitrogens with zero attached hydrogens (tertiary/aromatic N) is 2. The van der Waals surface area contributed by atoms with E-state index in [4.69, 9.17) is 0 Å². The number of hydrogen-bond donors (Lipinski definition) is 1. The Morgan fingerprint density at radius 3 is 2.58 bits per heavy atom. The smallest absolute Gasteiger partial charge is 0.226 e. The van der Waals surface area contributed by atoms with Crippen LogP contribution in [0.2, 0.25) is 0 Å². The van der Waals surface area contributed by atoms with Crippen LogP contribution >= 0.6 is 0 Å². The summed E-state index contributed by atoms with van der Waals surface area (Å²) in [5, 5.41) is 2.77. The molecular weight excluding hydrogens is 312 g/mol. The second-order valence-electron chi connectivity index (χ2n) is 5.66. The zero-order valence-corrected chi connectivity index (χ0v) is 12.5. The number of carbonyl (C=O) groups is 1. The minimum Gasteiger partial charge on any atom is -0.310 e. The largest absolute Gasteiger partial charge is 0.310 e. The highest BCUT2D eigenvalue weighted by Gasteiger charge is 2.31. The Balaban J connectivity index is 1.83. The van der Waals surface area contributed by atoms with Crippen LogP contribution in [0.5, 0.6) is 0 Å². The molecule has 2 aromatic carbocycles. The van der Waals surface area contributed by atoms with Gasteiger partial charge in [-0.3, -0.25) is 9.36 Å². The summed E-state index contributed by atoms with van der Waals surface area (Å²) in [5.41, 5.74) is 1.75. The third kappa shape index (κ3) is 2.36. The van der Waals surface area contributed by atoms with Crippen molar-refractivity contribution in [2.24, 2.45) is 0 Å². The van der Waals surface area contributed by atoms with Crippen LogP contribution in [-0.4, -0.2) is 15.5 Å². The fraction of sp³-hybridized carbons (Fsp3) is 0.111. The van der Waals surface area contributed by atoms with Crippen molar-refractivity contribution in [2.75, 3.05) is 5.32 Å². The van der Waals surface area contributed by atoms with E-state index >= 15 is 0 Å². The molecule has 0 bridgehead atoms. The molecule has 0 spiro atoms. The lowest BCUT2D eigenvalue weighted by Crippen LogP contribution is -2.25. The van der Waals surface area contributed by atoms with Crippen molar-refractivity contribution in [1.29, 1.82) is 0 Å². The van der Waals surface area contributed by atoms with Crippen LogP contribution in [0.25, 0.3) is 5.69 Å². The number of anilines is 1. The first kappa shape index (κ1) is 14.6. The fourth-order valence-electron chi connectivity index (χ4n) is 3.01. The molecule has 0 radical (unpaired) electrons. The number of benzene rings is 2. The molecule has 0 saturated heterocycles. The van der Waals surface area contributed by atoms with Gasteiger partial charge in [0.1, 0.15) is 23.8 Å². The van der Waals surface area contributed by atoms with Gasteiger partial charge in [0.25, 0.3) is 0 Å². The van der Waals surface area contributed by atoms with Crippen LogP contribution in [0.4, 0.5) is 14.6 Å². The molecule has 3 aromatic rings. The maximum absolute atomic E-state index is 14.1. The number of imidazole rings is 1. The lowest BCUT2D eigenvalue weighted by atomic mass is 9.90. The van der Waals surface area contributed by atoms with Crippen molar-refractivity contribution in [2.45, 2.75) is 12.3 Å². The SMILES string of the molecule is O=C1CC(c2ccc(F)cc2)c2ncn(-c3ccccc3F)c2N1. The van der Waals surface area contributed by atoms with E-state index in [-0.39, 0.29) is 24.1 Å². The predicted molar refractivity (Wildman–Crippen MR) is 85.0 cm³/mol. The minimum absolute atomic E-state index is 0.185.